The molecule has 2 aromatic rings. The predicted molar refractivity (Wildman–Crippen MR) is 178 cm³/mol. The van der Waals surface area contributed by atoms with Crippen LogP contribution in [-0.4, -0.2) is 111 Å². The average molecular weight is 715 g/mol. The van der Waals surface area contributed by atoms with Crippen LogP contribution in [0.5, 0.6) is 5.75 Å². The van der Waals surface area contributed by atoms with Crippen LogP contribution >= 0.6 is 0 Å². The van der Waals surface area contributed by atoms with Crippen molar-refractivity contribution in [3.63, 3.8) is 0 Å². The normalized spacial score (nSPS) is 18.6. The van der Waals surface area contributed by atoms with Crippen LogP contribution in [0.2, 0.25) is 0 Å². The Morgan fingerprint density at radius 2 is 1.38 bits per heavy atom. The third kappa shape index (κ3) is 12.1. The minimum atomic E-state index is -5.77. The standard InChI is InChI=1S/C32H48N4O2.C4F6O2/c1-32(2,3)29-24-35(19-20-36(29)30(37)23-25-15-17-33-18-16-25)31(26-9-7-6-8-10-26)27-11-13-28(14-12-27)38-22-21-34(4)5;5-3(6,7)1(11)2(12)4(8,9)10/h6-14,25,29,31,33H,15-24H2,1-5H3;/t29-,31?;/m1./s1. The number of piperidine rings is 1. The Bertz CT molecular complexity index is 1360. The molecule has 0 radical (unpaired) electrons. The lowest BCUT2D eigenvalue weighted by molar-refractivity contribution is -0.193. The van der Waals surface area contributed by atoms with Crippen molar-refractivity contribution < 1.29 is 45.5 Å². The second-order valence-corrected chi connectivity index (χ2v) is 14.0. The number of carbonyl (C=O) groups excluding carboxylic acids is 3. The van der Waals surface area contributed by atoms with Gasteiger partial charge in [0.1, 0.15) is 12.4 Å². The van der Waals surface area contributed by atoms with E-state index in [1.54, 1.807) is 0 Å². The van der Waals surface area contributed by atoms with Crippen LogP contribution in [0.4, 0.5) is 26.3 Å². The molecule has 2 aliphatic heterocycles. The molecule has 2 aromatic carbocycles. The monoisotopic (exact) mass is 714 g/mol. The number of amides is 1. The van der Waals surface area contributed by atoms with Crippen molar-refractivity contribution >= 4 is 17.5 Å². The zero-order valence-electron chi connectivity index (χ0n) is 29.2. The van der Waals surface area contributed by atoms with Gasteiger partial charge in [0, 0.05) is 38.6 Å². The van der Waals surface area contributed by atoms with Crippen LogP contribution in [0.3, 0.4) is 0 Å². The molecule has 2 aliphatic rings. The molecule has 50 heavy (non-hydrogen) atoms. The number of halogens is 6. The topological polar surface area (TPSA) is 82.2 Å². The fraction of sp³-hybridized carbons (Fsp3) is 0.583. The van der Waals surface area contributed by atoms with Crippen LogP contribution in [0.15, 0.2) is 54.6 Å². The third-order valence-corrected chi connectivity index (χ3v) is 8.86. The number of hydrogen-bond donors (Lipinski definition) is 1. The van der Waals surface area contributed by atoms with E-state index in [-0.39, 0.29) is 17.5 Å². The lowest BCUT2D eigenvalue weighted by Gasteiger charge is -2.49. The first kappa shape index (κ1) is 40.9. The molecule has 0 aliphatic carbocycles. The van der Waals surface area contributed by atoms with Gasteiger partial charge in [-0.25, -0.2) is 0 Å². The zero-order chi connectivity index (χ0) is 37.3. The van der Waals surface area contributed by atoms with E-state index in [1.807, 2.05) is 0 Å². The number of ketones is 2. The van der Waals surface area contributed by atoms with E-state index in [9.17, 15) is 40.7 Å². The number of ether oxygens (including phenoxy) is 1. The molecular formula is C36H48F6N4O4. The maximum Gasteiger partial charge on any atom is 0.458 e. The van der Waals surface area contributed by atoms with Crippen molar-refractivity contribution in [3.05, 3.63) is 65.7 Å². The molecule has 0 aromatic heterocycles. The molecular weight excluding hydrogens is 666 g/mol. The molecule has 2 fully saturated rings. The summed E-state index contributed by atoms with van der Waals surface area (Å²) in [5.74, 6) is -5.06. The van der Waals surface area contributed by atoms with Gasteiger partial charge in [0.2, 0.25) is 5.91 Å². The number of rotatable bonds is 10. The number of likely N-dealkylation sites (N-methyl/N-ethyl adjacent to an activating group) is 1. The van der Waals surface area contributed by atoms with E-state index in [2.05, 4.69) is 109 Å². The SMILES string of the molecule is CN(C)CCOc1ccc(C(c2ccccc2)N2CCN(C(=O)CC3CCNCC3)[C@@H](C(C)(C)C)C2)cc1.O=C(C(=O)C(F)(F)F)C(F)(F)F. The molecule has 2 saturated heterocycles. The number of alkyl halides is 6. The number of benzene rings is 2. The molecule has 4 rings (SSSR count). The highest BCUT2D eigenvalue weighted by Gasteiger charge is 2.54. The number of carbonyl (C=O) groups is 3. The summed E-state index contributed by atoms with van der Waals surface area (Å²) in [6.45, 7) is 13.0. The fourth-order valence-electron chi connectivity index (χ4n) is 6.13. The summed E-state index contributed by atoms with van der Waals surface area (Å²) in [7, 11) is 4.12. The Balaban J connectivity index is 0.000000482. The molecule has 1 unspecified atom stereocenters. The molecule has 8 nitrogen and oxygen atoms in total. The molecule has 14 heteroatoms. The summed E-state index contributed by atoms with van der Waals surface area (Å²) in [4.78, 5) is 39.7. The highest BCUT2D eigenvalue weighted by Crippen LogP contribution is 2.36. The quantitative estimate of drug-likeness (QED) is 0.242. The van der Waals surface area contributed by atoms with Crippen molar-refractivity contribution in [3.8, 4) is 5.75 Å². The third-order valence-electron chi connectivity index (χ3n) is 8.86. The van der Waals surface area contributed by atoms with E-state index >= 15 is 0 Å². The average Bonchev–Trinajstić information content (AvgIpc) is 3.04. The van der Waals surface area contributed by atoms with Gasteiger partial charge in [-0.1, -0.05) is 63.2 Å². The molecule has 1 amide bonds. The number of nitrogens with zero attached hydrogens (tertiary/aromatic N) is 3. The lowest BCUT2D eigenvalue weighted by atomic mass is 9.82. The minimum absolute atomic E-state index is 0.00613. The molecule has 2 atom stereocenters. The van der Waals surface area contributed by atoms with Gasteiger partial charge in [0.05, 0.1) is 6.04 Å². The highest BCUT2D eigenvalue weighted by atomic mass is 19.4. The van der Waals surface area contributed by atoms with Crippen LogP contribution in [0.1, 0.15) is 57.2 Å². The van der Waals surface area contributed by atoms with Gasteiger partial charge in [-0.2, -0.15) is 26.3 Å². The first-order valence-electron chi connectivity index (χ1n) is 16.7. The van der Waals surface area contributed by atoms with Gasteiger partial charge in [-0.05, 0) is 74.6 Å². The first-order chi connectivity index (χ1) is 23.3. The van der Waals surface area contributed by atoms with Crippen molar-refractivity contribution in [1.82, 2.24) is 20.0 Å². The molecule has 278 valence electrons. The van der Waals surface area contributed by atoms with Crippen LogP contribution < -0.4 is 10.1 Å². The fourth-order valence-corrected chi connectivity index (χ4v) is 6.13. The Morgan fingerprint density at radius 1 is 0.840 bits per heavy atom. The van der Waals surface area contributed by atoms with E-state index in [4.69, 9.17) is 4.74 Å². The molecule has 0 bridgehead atoms. The van der Waals surface area contributed by atoms with Gasteiger partial charge in [0.25, 0.3) is 0 Å². The van der Waals surface area contributed by atoms with Gasteiger partial charge < -0.3 is 19.9 Å². The van der Waals surface area contributed by atoms with Gasteiger partial charge in [-0.3, -0.25) is 19.3 Å². The van der Waals surface area contributed by atoms with Crippen molar-refractivity contribution in [1.29, 1.82) is 0 Å². The molecule has 0 spiro atoms. The molecule has 1 N–H and O–H groups in total. The Morgan fingerprint density at radius 3 is 1.88 bits per heavy atom. The second-order valence-electron chi connectivity index (χ2n) is 14.0. The number of piperazine rings is 1. The minimum Gasteiger partial charge on any atom is -0.492 e. The summed E-state index contributed by atoms with van der Waals surface area (Å²) < 4.78 is 72.9. The van der Waals surface area contributed by atoms with Gasteiger partial charge >= 0.3 is 23.9 Å². The van der Waals surface area contributed by atoms with Gasteiger partial charge in [-0.15, -0.1) is 0 Å². The molecule has 0 saturated carbocycles. The van der Waals surface area contributed by atoms with Crippen molar-refractivity contribution in [2.45, 2.75) is 64.5 Å². The van der Waals surface area contributed by atoms with E-state index in [0.29, 0.717) is 24.9 Å². The number of nitrogens with one attached hydrogen (secondary N) is 1. The Kier molecular flexibility index (Phi) is 14.4. The van der Waals surface area contributed by atoms with E-state index in [1.165, 1.54) is 11.1 Å². The first-order valence-corrected chi connectivity index (χ1v) is 16.7. The number of hydrogen-bond acceptors (Lipinski definition) is 7. The maximum absolute atomic E-state index is 13.6. The highest BCUT2D eigenvalue weighted by molar-refractivity contribution is 6.41. The predicted octanol–water partition coefficient (Wildman–Crippen LogP) is 5.91. The summed E-state index contributed by atoms with van der Waals surface area (Å²) in [5.41, 5.74) is 2.54. The van der Waals surface area contributed by atoms with Crippen LogP contribution in [0, 0.1) is 11.3 Å². The van der Waals surface area contributed by atoms with Gasteiger partial charge in [0.15, 0.2) is 0 Å². The summed E-state index contributed by atoms with van der Waals surface area (Å²) in [6.07, 6.45) is -8.64. The summed E-state index contributed by atoms with van der Waals surface area (Å²) in [5, 5.41) is 3.43. The zero-order valence-corrected chi connectivity index (χ0v) is 29.2. The largest absolute Gasteiger partial charge is 0.492 e. The Labute approximate surface area is 290 Å². The van der Waals surface area contributed by atoms with Crippen LogP contribution in [0.25, 0.3) is 0 Å². The van der Waals surface area contributed by atoms with Crippen LogP contribution in [-0.2, 0) is 14.4 Å². The van der Waals surface area contributed by atoms with E-state index in [0.717, 1.165) is 57.9 Å². The van der Waals surface area contributed by atoms with Crippen molar-refractivity contribution in [2.24, 2.45) is 11.3 Å². The number of Topliss-reactive ketones (excluding diaryl/α,β-unsaturated/α-hetero) is 2. The van der Waals surface area contributed by atoms with Crippen molar-refractivity contribution in [2.75, 3.05) is 60.0 Å². The lowest BCUT2D eigenvalue weighted by Crippen LogP contribution is -2.60. The summed E-state index contributed by atoms with van der Waals surface area (Å²) in [6, 6.07) is 19.7. The maximum atomic E-state index is 13.6. The molecule has 2 heterocycles. The second kappa shape index (κ2) is 17.6. The summed E-state index contributed by atoms with van der Waals surface area (Å²) >= 11 is 0. The Hall–Kier alpha value is -3.49. The smallest absolute Gasteiger partial charge is 0.458 e. The van der Waals surface area contributed by atoms with E-state index < -0.39 is 23.9 Å².